The summed E-state index contributed by atoms with van der Waals surface area (Å²) in [7, 11) is 1.76. The van der Waals surface area contributed by atoms with E-state index in [0.29, 0.717) is 12.1 Å². The minimum atomic E-state index is -0.646. The Morgan fingerprint density at radius 1 is 1.33 bits per heavy atom. The topological polar surface area (TPSA) is 46.5 Å². The van der Waals surface area contributed by atoms with Gasteiger partial charge in [0, 0.05) is 18.3 Å². The predicted octanol–water partition coefficient (Wildman–Crippen LogP) is 3.54. The first kappa shape index (κ1) is 16.5. The van der Waals surface area contributed by atoms with E-state index in [1.165, 1.54) is 6.07 Å². The summed E-state index contributed by atoms with van der Waals surface area (Å²) in [5, 5.41) is 0. The maximum Gasteiger partial charge on any atom is 0.128 e. The fourth-order valence-corrected chi connectivity index (χ4v) is 3.24. The number of nitrogens with two attached hydrogens (primary N) is 1. The number of benzene rings is 1. The van der Waals surface area contributed by atoms with Crippen LogP contribution in [0.1, 0.15) is 30.8 Å². The molecule has 0 saturated heterocycles. The fraction of sp³-hybridized carbons (Fsp3) is 0.316. The smallest absolute Gasteiger partial charge is 0.128 e. The monoisotopic (exact) mass is 326 g/mol. The number of hydrogen-bond donors (Lipinski definition) is 1. The molecule has 2 aromatic rings. The van der Waals surface area contributed by atoms with E-state index < -0.39 is 5.66 Å². The summed E-state index contributed by atoms with van der Waals surface area (Å²) in [5.41, 5.74) is 9.53. The molecule has 5 heteroatoms. The van der Waals surface area contributed by atoms with Crippen LogP contribution in [0, 0.1) is 12.7 Å². The number of halogens is 1. The molecule has 1 aromatic carbocycles. The molecular weight excluding hydrogens is 303 g/mol. The summed E-state index contributed by atoms with van der Waals surface area (Å²) in [4.78, 5) is 6.32. The normalized spacial score (nSPS) is 20.4. The number of hydrogen-bond acceptors (Lipinski definition) is 2. The van der Waals surface area contributed by atoms with Crippen molar-refractivity contribution in [1.29, 1.82) is 0 Å². The van der Waals surface area contributed by atoms with E-state index in [2.05, 4.69) is 15.6 Å². The van der Waals surface area contributed by atoms with Gasteiger partial charge in [-0.1, -0.05) is 18.2 Å². The molecule has 1 unspecified atom stereocenters. The third-order valence-corrected chi connectivity index (χ3v) is 4.56. The van der Waals surface area contributed by atoms with E-state index in [9.17, 15) is 4.39 Å². The molecule has 1 aliphatic heterocycles. The second kappa shape index (κ2) is 5.91. The molecule has 24 heavy (non-hydrogen) atoms. The van der Waals surface area contributed by atoms with Gasteiger partial charge in [0.2, 0.25) is 0 Å². The number of aliphatic imine (C=N–C) groups is 1. The number of amidine groups is 1. The van der Waals surface area contributed by atoms with E-state index in [4.69, 9.17) is 5.73 Å². The van der Waals surface area contributed by atoms with E-state index >= 15 is 0 Å². The maximum atomic E-state index is 14.0. The highest BCUT2D eigenvalue weighted by Gasteiger charge is 2.33. The van der Waals surface area contributed by atoms with Gasteiger partial charge in [-0.3, -0.25) is 4.99 Å². The van der Waals surface area contributed by atoms with Gasteiger partial charge < -0.3 is 15.2 Å². The Hall–Kier alpha value is -2.40. The molecule has 2 N–H and O–H groups in total. The van der Waals surface area contributed by atoms with Crippen molar-refractivity contribution >= 4 is 17.6 Å². The van der Waals surface area contributed by atoms with Crippen LogP contribution in [0.2, 0.25) is 0 Å². The quantitative estimate of drug-likeness (QED) is 0.678. The van der Waals surface area contributed by atoms with Crippen LogP contribution in [0.4, 0.5) is 10.1 Å². The van der Waals surface area contributed by atoms with Crippen LogP contribution in [0.15, 0.2) is 41.4 Å². The summed E-state index contributed by atoms with van der Waals surface area (Å²) >= 11 is 0. The molecule has 4 nitrogen and oxygen atoms in total. The lowest BCUT2D eigenvalue weighted by molar-refractivity contribution is 0.590. The molecule has 3 rings (SSSR count). The van der Waals surface area contributed by atoms with Gasteiger partial charge in [-0.2, -0.15) is 0 Å². The Bertz CT molecular complexity index is 830. The van der Waals surface area contributed by atoms with Crippen LogP contribution in [0.5, 0.6) is 0 Å². The van der Waals surface area contributed by atoms with Crippen molar-refractivity contribution in [1.82, 2.24) is 4.57 Å². The van der Waals surface area contributed by atoms with Gasteiger partial charge >= 0.3 is 0 Å². The van der Waals surface area contributed by atoms with Crippen molar-refractivity contribution < 1.29 is 4.39 Å². The van der Waals surface area contributed by atoms with Crippen LogP contribution in [0.3, 0.4) is 0 Å². The van der Waals surface area contributed by atoms with E-state index in [-0.39, 0.29) is 5.82 Å². The molecule has 0 amide bonds. The third-order valence-electron chi connectivity index (χ3n) is 4.56. The van der Waals surface area contributed by atoms with Crippen LogP contribution in [0.25, 0.3) is 6.08 Å². The first-order valence-corrected chi connectivity index (χ1v) is 8.00. The maximum absolute atomic E-state index is 14.0. The molecule has 0 saturated carbocycles. The van der Waals surface area contributed by atoms with Crippen molar-refractivity contribution in [2.75, 3.05) is 11.9 Å². The molecular formula is C19H23FN4. The van der Waals surface area contributed by atoms with Gasteiger partial charge in [0.1, 0.15) is 17.3 Å². The molecule has 0 radical (unpaired) electrons. The molecule has 0 spiro atoms. The number of aromatic nitrogens is 1. The highest BCUT2D eigenvalue weighted by Crippen LogP contribution is 2.35. The zero-order valence-electron chi connectivity index (χ0n) is 14.5. The molecule has 2 heterocycles. The summed E-state index contributed by atoms with van der Waals surface area (Å²) in [6.07, 6.45) is 3.98. The number of fused-ring (bicyclic) bond motifs is 1. The third kappa shape index (κ3) is 2.65. The predicted molar refractivity (Wildman–Crippen MR) is 97.8 cm³/mol. The number of nitrogens with zero attached hydrogens (tertiary/aromatic N) is 3. The van der Waals surface area contributed by atoms with Crippen molar-refractivity contribution in [2.24, 2.45) is 10.7 Å². The Morgan fingerprint density at radius 2 is 2.04 bits per heavy atom. The summed E-state index contributed by atoms with van der Waals surface area (Å²) in [6.45, 7) is 6.40. The van der Waals surface area contributed by atoms with Crippen LogP contribution < -0.4 is 10.6 Å². The largest absolute Gasteiger partial charge is 0.339 e. The average molecular weight is 326 g/mol. The summed E-state index contributed by atoms with van der Waals surface area (Å²) in [5.74, 6) is 0.652. The standard InChI is InChI=1S/C19H23FN4/c1-13-11-18-17(9-10-19(3,21)24(18)14(2)22-4)23(13)12-15-7-5-6-8-16(15)20/h5-11H,12,21H2,1-4H3. The Balaban J connectivity index is 2.10. The molecule has 126 valence electrons. The summed E-state index contributed by atoms with van der Waals surface area (Å²) in [6, 6.07) is 8.96. The number of rotatable bonds is 2. The molecule has 0 fully saturated rings. The number of aryl methyl sites for hydroxylation is 1. The van der Waals surface area contributed by atoms with Crippen LogP contribution >= 0.6 is 0 Å². The Kier molecular flexibility index (Phi) is 4.05. The van der Waals surface area contributed by atoms with Gasteiger partial charge in [-0.25, -0.2) is 4.39 Å². The lowest BCUT2D eigenvalue weighted by Gasteiger charge is -2.40. The van der Waals surface area contributed by atoms with Crippen LogP contribution in [-0.2, 0) is 6.54 Å². The zero-order chi connectivity index (χ0) is 17.5. The van der Waals surface area contributed by atoms with Crippen molar-refractivity contribution in [2.45, 2.75) is 33.0 Å². The van der Waals surface area contributed by atoms with E-state index in [1.807, 2.05) is 50.0 Å². The highest BCUT2D eigenvalue weighted by atomic mass is 19.1. The minimum Gasteiger partial charge on any atom is -0.339 e. The molecule has 0 bridgehead atoms. The van der Waals surface area contributed by atoms with E-state index in [1.54, 1.807) is 13.1 Å². The second-order valence-corrected chi connectivity index (χ2v) is 6.40. The lowest BCUT2D eigenvalue weighted by atomic mass is 10.0. The fourth-order valence-electron chi connectivity index (χ4n) is 3.24. The molecule has 1 aliphatic rings. The van der Waals surface area contributed by atoms with Crippen molar-refractivity contribution in [3.8, 4) is 0 Å². The number of anilines is 1. The van der Waals surface area contributed by atoms with Gasteiger partial charge in [0.05, 0.1) is 17.9 Å². The molecule has 1 aromatic heterocycles. The Labute approximate surface area is 142 Å². The van der Waals surface area contributed by atoms with Gasteiger partial charge in [0.25, 0.3) is 0 Å². The molecule has 1 atom stereocenters. The minimum absolute atomic E-state index is 0.189. The van der Waals surface area contributed by atoms with Crippen LogP contribution in [-0.4, -0.2) is 23.1 Å². The second-order valence-electron chi connectivity index (χ2n) is 6.40. The zero-order valence-corrected chi connectivity index (χ0v) is 14.5. The van der Waals surface area contributed by atoms with Gasteiger partial charge in [-0.05, 0) is 45.1 Å². The average Bonchev–Trinajstić information content (AvgIpc) is 2.83. The first-order chi connectivity index (χ1) is 11.3. The highest BCUT2D eigenvalue weighted by molar-refractivity contribution is 6.00. The van der Waals surface area contributed by atoms with E-state index in [0.717, 1.165) is 22.9 Å². The lowest BCUT2D eigenvalue weighted by Crippen LogP contribution is -2.56. The SMILES string of the molecule is CN=C(C)N1c2cc(C)n(Cc3ccccc3F)c2C=CC1(C)N. The first-order valence-electron chi connectivity index (χ1n) is 8.00. The van der Waals surface area contributed by atoms with Gasteiger partial charge in [0.15, 0.2) is 0 Å². The summed E-state index contributed by atoms with van der Waals surface area (Å²) < 4.78 is 16.2. The van der Waals surface area contributed by atoms with Crippen molar-refractivity contribution in [3.63, 3.8) is 0 Å². The Morgan fingerprint density at radius 3 is 2.71 bits per heavy atom. The van der Waals surface area contributed by atoms with Crippen molar-refractivity contribution in [3.05, 3.63) is 59.2 Å². The van der Waals surface area contributed by atoms with Gasteiger partial charge in [-0.15, -0.1) is 0 Å². The molecule has 0 aliphatic carbocycles.